The van der Waals surface area contributed by atoms with Crippen molar-refractivity contribution >= 4 is 17.8 Å². The van der Waals surface area contributed by atoms with Gasteiger partial charge < -0.3 is 20.1 Å². The van der Waals surface area contributed by atoms with Crippen molar-refractivity contribution in [2.24, 2.45) is 11.8 Å². The number of carboxylic acid groups (broad SMARTS) is 1. The molecular formula is C19H26N2O5. The second-order valence-corrected chi connectivity index (χ2v) is 7.05. The molecule has 0 bridgehead atoms. The van der Waals surface area contributed by atoms with Crippen LogP contribution in [0.1, 0.15) is 32.3 Å². The summed E-state index contributed by atoms with van der Waals surface area (Å²) in [4.78, 5) is 37.6. The maximum atomic E-state index is 12.4. The Morgan fingerprint density at radius 2 is 1.96 bits per heavy atom. The van der Waals surface area contributed by atoms with E-state index < -0.39 is 17.9 Å². The first-order valence-corrected chi connectivity index (χ1v) is 8.74. The summed E-state index contributed by atoms with van der Waals surface area (Å²) in [7, 11) is 1.59. The first-order chi connectivity index (χ1) is 12.3. The van der Waals surface area contributed by atoms with E-state index in [1.165, 1.54) is 0 Å². The van der Waals surface area contributed by atoms with E-state index in [4.69, 9.17) is 4.74 Å². The number of amides is 2. The number of nitrogens with one attached hydrogen (secondary N) is 1. The molecule has 2 rings (SSSR count). The number of carbonyl (C=O) groups is 3. The molecule has 0 aromatic heterocycles. The lowest BCUT2D eigenvalue weighted by atomic mass is 10.0. The van der Waals surface area contributed by atoms with Gasteiger partial charge in [0.15, 0.2) is 0 Å². The molecule has 0 saturated carbocycles. The highest BCUT2D eigenvalue weighted by Gasteiger charge is 2.35. The molecule has 0 spiro atoms. The van der Waals surface area contributed by atoms with Crippen LogP contribution in [-0.4, -0.2) is 47.5 Å². The van der Waals surface area contributed by atoms with E-state index in [2.05, 4.69) is 5.32 Å². The standard InChI is InChI=1S/C19H26N2O5/c1-12(2)8-16(19(24)25)20-18(23)14-9-17(22)21(11-14)10-13-4-6-15(26-3)7-5-13/h4-7,12,14,16H,8-11H2,1-3H3,(H,20,23)(H,24,25)/t14?,16-/m1/s1. The van der Waals surface area contributed by atoms with Crippen LogP contribution in [-0.2, 0) is 20.9 Å². The largest absolute Gasteiger partial charge is 0.497 e. The Bertz CT molecular complexity index is 656. The van der Waals surface area contributed by atoms with E-state index in [1.807, 2.05) is 38.1 Å². The maximum Gasteiger partial charge on any atom is 0.326 e. The van der Waals surface area contributed by atoms with Gasteiger partial charge in [-0.2, -0.15) is 0 Å². The molecule has 1 unspecified atom stereocenters. The van der Waals surface area contributed by atoms with Crippen LogP contribution < -0.4 is 10.1 Å². The van der Waals surface area contributed by atoms with E-state index >= 15 is 0 Å². The number of carboxylic acids is 1. The number of benzene rings is 1. The maximum absolute atomic E-state index is 12.4. The number of hydrogen-bond acceptors (Lipinski definition) is 4. The van der Waals surface area contributed by atoms with Gasteiger partial charge in [-0.1, -0.05) is 26.0 Å². The van der Waals surface area contributed by atoms with Gasteiger partial charge >= 0.3 is 5.97 Å². The number of likely N-dealkylation sites (tertiary alicyclic amines) is 1. The molecule has 1 saturated heterocycles. The van der Waals surface area contributed by atoms with Crippen molar-refractivity contribution in [3.63, 3.8) is 0 Å². The Balaban J connectivity index is 1.94. The molecule has 0 radical (unpaired) electrons. The minimum Gasteiger partial charge on any atom is -0.497 e. The van der Waals surface area contributed by atoms with E-state index in [-0.39, 0.29) is 24.2 Å². The fraction of sp³-hybridized carbons (Fsp3) is 0.526. The van der Waals surface area contributed by atoms with Crippen molar-refractivity contribution < 1.29 is 24.2 Å². The summed E-state index contributed by atoms with van der Waals surface area (Å²) in [6.07, 6.45) is 0.466. The third-order valence-electron chi connectivity index (χ3n) is 4.44. The molecule has 1 fully saturated rings. The Morgan fingerprint density at radius 3 is 2.50 bits per heavy atom. The summed E-state index contributed by atoms with van der Waals surface area (Å²) in [5.74, 6) is -1.15. The smallest absolute Gasteiger partial charge is 0.326 e. The van der Waals surface area contributed by atoms with Crippen LogP contribution in [0, 0.1) is 11.8 Å². The lowest BCUT2D eigenvalue weighted by Crippen LogP contribution is -2.44. The number of nitrogens with zero attached hydrogens (tertiary/aromatic N) is 1. The van der Waals surface area contributed by atoms with Crippen LogP contribution in [0.4, 0.5) is 0 Å². The number of carbonyl (C=O) groups excluding carboxylic acids is 2. The summed E-state index contributed by atoms with van der Waals surface area (Å²) < 4.78 is 5.11. The van der Waals surface area contributed by atoms with Gasteiger partial charge in [0, 0.05) is 19.5 Å². The molecular weight excluding hydrogens is 336 g/mol. The highest BCUT2D eigenvalue weighted by molar-refractivity contribution is 5.91. The van der Waals surface area contributed by atoms with Crippen LogP contribution in [0.2, 0.25) is 0 Å². The van der Waals surface area contributed by atoms with Gasteiger partial charge in [-0.05, 0) is 30.0 Å². The van der Waals surface area contributed by atoms with Gasteiger partial charge in [-0.3, -0.25) is 9.59 Å². The predicted octanol–water partition coefficient (Wildman–Crippen LogP) is 1.66. The molecule has 2 atom stereocenters. The van der Waals surface area contributed by atoms with Crippen molar-refractivity contribution in [2.45, 2.75) is 39.3 Å². The fourth-order valence-electron chi connectivity index (χ4n) is 3.03. The quantitative estimate of drug-likeness (QED) is 0.733. The molecule has 1 heterocycles. The average Bonchev–Trinajstić information content (AvgIpc) is 2.95. The number of rotatable bonds is 8. The average molecular weight is 362 g/mol. The summed E-state index contributed by atoms with van der Waals surface area (Å²) in [6.45, 7) is 4.52. The summed E-state index contributed by atoms with van der Waals surface area (Å²) in [5, 5.41) is 11.8. The third-order valence-corrected chi connectivity index (χ3v) is 4.44. The second kappa shape index (κ2) is 8.69. The fourth-order valence-corrected chi connectivity index (χ4v) is 3.03. The number of aliphatic carboxylic acids is 1. The molecule has 2 amide bonds. The SMILES string of the molecule is COc1ccc(CN2CC(C(=O)N[C@H](CC(C)C)C(=O)O)CC2=O)cc1. The number of hydrogen-bond donors (Lipinski definition) is 2. The van der Waals surface area contributed by atoms with Gasteiger partial charge in [-0.15, -0.1) is 0 Å². The van der Waals surface area contributed by atoms with Gasteiger partial charge in [-0.25, -0.2) is 4.79 Å². The van der Waals surface area contributed by atoms with Gasteiger partial charge in [0.1, 0.15) is 11.8 Å². The molecule has 26 heavy (non-hydrogen) atoms. The first kappa shape index (κ1) is 19.8. The highest BCUT2D eigenvalue weighted by Crippen LogP contribution is 2.22. The lowest BCUT2D eigenvalue weighted by Gasteiger charge is -2.19. The minimum atomic E-state index is -1.05. The number of methoxy groups -OCH3 is 1. The molecule has 1 aliphatic heterocycles. The first-order valence-electron chi connectivity index (χ1n) is 8.74. The molecule has 1 aliphatic rings. The minimum absolute atomic E-state index is 0.100. The van der Waals surface area contributed by atoms with Crippen LogP contribution in [0.25, 0.3) is 0 Å². The van der Waals surface area contributed by atoms with Crippen LogP contribution in [0.15, 0.2) is 24.3 Å². The Hall–Kier alpha value is -2.57. The van der Waals surface area contributed by atoms with Crippen LogP contribution >= 0.6 is 0 Å². The van der Waals surface area contributed by atoms with Crippen molar-refractivity contribution in [2.75, 3.05) is 13.7 Å². The zero-order valence-electron chi connectivity index (χ0n) is 15.4. The predicted molar refractivity (Wildman–Crippen MR) is 95.5 cm³/mol. The van der Waals surface area contributed by atoms with Gasteiger partial charge in [0.25, 0.3) is 0 Å². The molecule has 1 aromatic carbocycles. The van der Waals surface area contributed by atoms with Crippen LogP contribution in [0.5, 0.6) is 5.75 Å². The summed E-state index contributed by atoms with van der Waals surface area (Å²) in [5.41, 5.74) is 0.948. The van der Waals surface area contributed by atoms with Crippen molar-refractivity contribution in [1.82, 2.24) is 10.2 Å². The topological polar surface area (TPSA) is 95.9 Å². The lowest BCUT2D eigenvalue weighted by molar-refractivity contribution is -0.142. The van der Waals surface area contributed by atoms with E-state index in [1.54, 1.807) is 12.0 Å². The summed E-state index contributed by atoms with van der Waals surface area (Å²) in [6, 6.07) is 6.48. The molecule has 0 aliphatic carbocycles. The van der Waals surface area contributed by atoms with E-state index in [9.17, 15) is 19.5 Å². The monoisotopic (exact) mass is 362 g/mol. The van der Waals surface area contributed by atoms with E-state index in [0.29, 0.717) is 19.5 Å². The normalized spacial score (nSPS) is 18.1. The van der Waals surface area contributed by atoms with Crippen molar-refractivity contribution in [3.05, 3.63) is 29.8 Å². The molecule has 2 N–H and O–H groups in total. The number of ether oxygens (including phenoxy) is 1. The molecule has 7 heteroatoms. The molecule has 1 aromatic rings. The highest BCUT2D eigenvalue weighted by atomic mass is 16.5. The Morgan fingerprint density at radius 1 is 1.31 bits per heavy atom. The van der Waals surface area contributed by atoms with Gasteiger partial charge in [0.2, 0.25) is 11.8 Å². The molecule has 142 valence electrons. The van der Waals surface area contributed by atoms with Crippen molar-refractivity contribution in [3.8, 4) is 5.75 Å². The Labute approximate surface area is 153 Å². The third kappa shape index (κ3) is 5.21. The second-order valence-electron chi connectivity index (χ2n) is 7.05. The van der Waals surface area contributed by atoms with Gasteiger partial charge in [0.05, 0.1) is 13.0 Å². The van der Waals surface area contributed by atoms with Crippen molar-refractivity contribution in [1.29, 1.82) is 0 Å². The Kier molecular flexibility index (Phi) is 6.60. The zero-order chi connectivity index (χ0) is 19.3. The van der Waals surface area contributed by atoms with Crippen LogP contribution in [0.3, 0.4) is 0 Å². The van der Waals surface area contributed by atoms with E-state index in [0.717, 1.165) is 11.3 Å². The summed E-state index contributed by atoms with van der Waals surface area (Å²) >= 11 is 0. The zero-order valence-corrected chi connectivity index (χ0v) is 15.4. The molecule has 7 nitrogen and oxygen atoms in total.